The lowest BCUT2D eigenvalue weighted by Crippen LogP contribution is -2.49. The summed E-state index contributed by atoms with van der Waals surface area (Å²) in [4.78, 5) is 22.0. The van der Waals surface area contributed by atoms with Crippen LogP contribution >= 0.6 is 0 Å². The number of allylic oxidation sites excluding steroid dienone is 1. The first-order valence-corrected chi connectivity index (χ1v) is 13.5. The average Bonchev–Trinajstić information content (AvgIpc) is 3.45. The second-order valence-electron chi connectivity index (χ2n) is 10.9. The Labute approximate surface area is 227 Å². The van der Waals surface area contributed by atoms with Crippen molar-refractivity contribution in [3.05, 3.63) is 62.3 Å². The number of halogens is 5. The van der Waals surface area contributed by atoms with Crippen molar-refractivity contribution in [2.24, 2.45) is 5.92 Å². The summed E-state index contributed by atoms with van der Waals surface area (Å²) < 4.78 is 72.3. The molecule has 2 unspecified atom stereocenters. The predicted octanol–water partition coefficient (Wildman–Crippen LogP) is 3.87. The van der Waals surface area contributed by atoms with Crippen LogP contribution in [0.25, 0.3) is 0 Å². The lowest BCUT2D eigenvalue weighted by atomic mass is 9.84. The Balaban J connectivity index is 1.22. The second-order valence-corrected chi connectivity index (χ2v) is 10.9. The molecular formula is C27H28F5N7O. The molecule has 0 amide bonds. The second kappa shape index (κ2) is 9.83. The molecule has 2 aliphatic heterocycles. The Kier molecular flexibility index (Phi) is 6.56. The highest BCUT2D eigenvalue weighted by Gasteiger charge is 2.54. The Morgan fingerprint density at radius 1 is 1.12 bits per heavy atom. The van der Waals surface area contributed by atoms with Crippen molar-refractivity contribution in [3.8, 4) is 6.07 Å². The van der Waals surface area contributed by atoms with Gasteiger partial charge in [0.2, 0.25) is 0 Å². The highest BCUT2D eigenvalue weighted by Crippen LogP contribution is 2.48. The highest BCUT2D eigenvalue weighted by atomic mass is 19.4. The molecule has 2 aromatic heterocycles. The van der Waals surface area contributed by atoms with Crippen LogP contribution in [-0.4, -0.2) is 70.2 Å². The SMILES string of the molecule is N#Cc1ccc(N2CCN(C(=C3CCC3)C3CN(C4CCc5c4n[nH]c(=O)c5C(F)(F)F)CC3(F)F)CC2)nc1. The van der Waals surface area contributed by atoms with Crippen molar-refractivity contribution in [1.82, 2.24) is 25.0 Å². The standard InChI is InChI=1S/C27H28F5N7O/c28-26(29)15-39(20-6-5-18-22(27(30,31)32)25(40)36-35-23(18)20)14-19(26)24(17-2-1-3-17)38-10-8-37(9-11-38)21-7-4-16(12-33)13-34-21/h4,7,13,19-20H,1-3,5-6,8-11,14-15H2,(H,36,40). The fourth-order valence-electron chi connectivity index (χ4n) is 6.55. The first-order chi connectivity index (χ1) is 19.1. The quantitative estimate of drug-likeness (QED) is 0.567. The summed E-state index contributed by atoms with van der Waals surface area (Å²) in [6, 6.07) is 4.82. The molecule has 3 fully saturated rings. The van der Waals surface area contributed by atoms with Crippen LogP contribution in [0.5, 0.6) is 0 Å². The number of nitrogens with one attached hydrogen (secondary N) is 1. The van der Waals surface area contributed by atoms with Crippen molar-refractivity contribution in [2.45, 2.75) is 50.2 Å². The van der Waals surface area contributed by atoms with Gasteiger partial charge < -0.3 is 9.80 Å². The van der Waals surface area contributed by atoms with E-state index in [0.29, 0.717) is 37.4 Å². The van der Waals surface area contributed by atoms with Gasteiger partial charge in [0.25, 0.3) is 11.5 Å². The van der Waals surface area contributed by atoms with E-state index in [2.05, 4.69) is 19.9 Å². The van der Waals surface area contributed by atoms with E-state index in [9.17, 15) is 18.0 Å². The van der Waals surface area contributed by atoms with Gasteiger partial charge in [-0.2, -0.15) is 23.5 Å². The number of rotatable bonds is 4. The largest absolute Gasteiger partial charge is 0.422 e. The topological polar surface area (TPSA) is 92.2 Å². The molecule has 6 rings (SSSR count). The average molecular weight is 562 g/mol. The molecule has 2 aromatic rings. The molecule has 13 heteroatoms. The highest BCUT2D eigenvalue weighted by molar-refractivity contribution is 5.43. The van der Waals surface area contributed by atoms with Gasteiger partial charge >= 0.3 is 6.18 Å². The van der Waals surface area contributed by atoms with Crippen LogP contribution in [0.4, 0.5) is 27.8 Å². The Bertz CT molecular complexity index is 1410. The van der Waals surface area contributed by atoms with E-state index in [-0.39, 0.29) is 30.6 Å². The van der Waals surface area contributed by atoms with Gasteiger partial charge in [-0.15, -0.1) is 0 Å². The number of anilines is 1. The van der Waals surface area contributed by atoms with Crippen molar-refractivity contribution in [2.75, 3.05) is 44.2 Å². The first kappa shape index (κ1) is 26.7. The fraction of sp³-hybridized carbons (Fsp3) is 0.556. The minimum atomic E-state index is -4.84. The lowest BCUT2D eigenvalue weighted by molar-refractivity contribution is -0.139. The predicted molar refractivity (Wildman–Crippen MR) is 135 cm³/mol. The summed E-state index contributed by atoms with van der Waals surface area (Å²) in [6.45, 7) is 1.69. The molecule has 4 heterocycles. The van der Waals surface area contributed by atoms with E-state index in [1.165, 1.54) is 6.20 Å². The Morgan fingerprint density at radius 2 is 1.88 bits per heavy atom. The molecule has 40 heavy (non-hydrogen) atoms. The van der Waals surface area contributed by atoms with E-state index in [1.807, 2.05) is 11.2 Å². The first-order valence-electron chi connectivity index (χ1n) is 13.5. The minimum absolute atomic E-state index is 0.00941. The molecule has 8 nitrogen and oxygen atoms in total. The van der Waals surface area contributed by atoms with Crippen LogP contribution in [-0.2, 0) is 12.6 Å². The third-order valence-corrected chi connectivity index (χ3v) is 8.64. The molecule has 0 spiro atoms. The van der Waals surface area contributed by atoms with Crippen LogP contribution in [0.2, 0.25) is 0 Å². The number of nitriles is 1. The molecule has 0 radical (unpaired) electrons. The van der Waals surface area contributed by atoms with E-state index in [1.54, 1.807) is 17.0 Å². The third-order valence-electron chi connectivity index (χ3n) is 8.64. The number of pyridine rings is 1. The summed E-state index contributed by atoms with van der Waals surface area (Å²) in [6.07, 6.45) is -0.674. The maximum Gasteiger partial charge on any atom is 0.422 e. The number of hydrogen-bond donors (Lipinski definition) is 1. The van der Waals surface area contributed by atoms with Crippen LogP contribution in [0, 0.1) is 17.2 Å². The number of nitrogens with zero attached hydrogens (tertiary/aromatic N) is 6. The molecule has 212 valence electrons. The Morgan fingerprint density at radius 3 is 2.48 bits per heavy atom. The van der Waals surface area contributed by atoms with Gasteiger partial charge in [0.15, 0.2) is 0 Å². The van der Waals surface area contributed by atoms with E-state index in [0.717, 1.165) is 30.7 Å². The Hall–Kier alpha value is -3.53. The number of H-pyrrole nitrogens is 1. The maximum absolute atomic E-state index is 15.8. The van der Waals surface area contributed by atoms with Crippen LogP contribution in [0.1, 0.15) is 54.1 Å². The number of piperazine rings is 1. The molecule has 2 atom stereocenters. The van der Waals surface area contributed by atoms with Gasteiger partial charge in [-0.3, -0.25) is 9.69 Å². The van der Waals surface area contributed by atoms with Crippen LogP contribution < -0.4 is 10.5 Å². The number of hydrogen-bond acceptors (Lipinski definition) is 7. The van der Waals surface area contributed by atoms with Gasteiger partial charge in [0.05, 0.1) is 29.8 Å². The molecule has 2 aliphatic carbocycles. The minimum Gasteiger partial charge on any atom is -0.371 e. The molecule has 0 aromatic carbocycles. The number of aromatic nitrogens is 3. The molecule has 1 N–H and O–H groups in total. The van der Waals surface area contributed by atoms with Crippen molar-refractivity contribution < 1.29 is 22.0 Å². The summed E-state index contributed by atoms with van der Waals surface area (Å²) in [5, 5.41) is 14.9. The maximum atomic E-state index is 15.8. The number of likely N-dealkylation sites (tertiary alicyclic amines) is 1. The van der Waals surface area contributed by atoms with Crippen molar-refractivity contribution in [1.29, 1.82) is 5.26 Å². The third kappa shape index (κ3) is 4.62. The number of aromatic amines is 1. The molecular weight excluding hydrogens is 533 g/mol. The number of fused-ring (bicyclic) bond motifs is 1. The normalized spacial score (nSPS) is 24.6. The van der Waals surface area contributed by atoms with Crippen LogP contribution in [0.3, 0.4) is 0 Å². The summed E-state index contributed by atoms with van der Waals surface area (Å²) in [5.41, 5.74) is -0.533. The molecule has 4 aliphatic rings. The van der Waals surface area contributed by atoms with Gasteiger partial charge in [-0.1, -0.05) is 5.57 Å². The summed E-state index contributed by atoms with van der Waals surface area (Å²) in [5.74, 6) is -3.41. The van der Waals surface area contributed by atoms with E-state index in [4.69, 9.17) is 5.26 Å². The fourth-order valence-corrected chi connectivity index (χ4v) is 6.55. The van der Waals surface area contributed by atoms with Crippen LogP contribution in [0.15, 0.2) is 34.4 Å². The van der Waals surface area contributed by atoms with Crippen molar-refractivity contribution in [3.63, 3.8) is 0 Å². The lowest BCUT2D eigenvalue weighted by Gasteiger charge is -2.42. The van der Waals surface area contributed by atoms with E-state index >= 15 is 8.78 Å². The number of alkyl halides is 5. The van der Waals surface area contributed by atoms with Gasteiger partial charge in [0.1, 0.15) is 17.5 Å². The zero-order valence-electron chi connectivity index (χ0n) is 21.6. The zero-order chi connectivity index (χ0) is 28.2. The smallest absolute Gasteiger partial charge is 0.371 e. The molecule has 0 bridgehead atoms. The zero-order valence-corrected chi connectivity index (χ0v) is 21.6. The monoisotopic (exact) mass is 561 g/mol. The van der Waals surface area contributed by atoms with Crippen molar-refractivity contribution >= 4 is 5.82 Å². The summed E-state index contributed by atoms with van der Waals surface area (Å²) >= 11 is 0. The summed E-state index contributed by atoms with van der Waals surface area (Å²) in [7, 11) is 0. The van der Waals surface area contributed by atoms with E-state index < -0.39 is 41.7 Å². The van der Waals surface area contributed by atoms with Gasteiger partial charge in [0, 0.05) is 44.6 Å². The molecule has 1 saturated carbocycles. The molecule has 2 saturated heterocycles. The van der Waals surface area contributed by atoms with Gasteiger partial charge in [-0.05, 0) is 49.8 Å². The van der Waals surface area contributed by atoms with Gasteiger partial charge in [-0.25, -0.2) is 18.9 Å².